The van der Waals surface area contributed by atoms with Gasteiger partial charge in [0.2, 0.25) is 5.91 Å². The quantitative estimate of drug-likeness (QED) is 0.478. The van der Waals surface area contributed by atoms with Crippen molar-refractivity contribution in [3.8, 4) is 11.5 Å². The van der Waals surface area contributed by atoms with Crippen LogP contribution in [0.25, 0.3) is 6.08 Å². The highest BCUT2D eigenvalue weighted by molar-refractivity contribution is 6.34. The van der Waals surface area contributed by atoms with Gasteiger partial charge in [-0.1, -0.05) is 17.7 Å². The molecule has 2 rings (SSSR count). The number of rotatable bonds is 6. The van der Waals surface area contributed by atoms with Gasteiger partial charge < -0.3 is 14.8 Å². The minimum absolute atomic E-state index is 0.163. The molecule has 0 saturated carbocycles. The Morgan fingerprint density at radius 2 is 1.88 bits per heavy atom. The highest BCUT2D eigenvalue weighted by atomic mass is 35.5. The molecular weight excluding hydrogens is 348 g/mol. The Hall–Kier alpha value is -3.06. The number of hydrogen-bond acceptors (Lipinski definition) is 5. The minimum atomic E-state index is -0.564. The van der Waals surface area contributed by atoms with Crippen molar-refractivity contribution in [3.63, 3.8) is 0 Å². The van der Waals surface area contributed by atoms with Crippen molar-refractivity contribution < 1.29 is 19.2 Å². The predicted molar refractivity (Wildman–Crippen MR) is 95.3 cm³/mol. The average Bonchev–Trinajstić information content (AvgIpc) is 2.61. The zero-order valence-electron chi connectivity index (χ0n) is 13.5. The van der Waals surface area contributed by atoms with Crippen molar-refractivity contribution in [1.82, 2.24) is 0 Å². The number of nitro benzene ring substituents is 1. The maximum atomic E-state index is 12.0. The molecule has 0 saturated heterocycles. The largest absolute Gasteiger partial charge is 0.493 e. The van der Waals surface area contributed by atoms with Crippen molar-refractivity contribution in [1.29, 1.82) is 0 Å². The van der Waals surface area contributed by atoms with Gasteiger partial charge in [0, 0.05) is 18.2 Å². The van der Waals surface area contributed by atoms with Gasteiger partial charge in [-0.05, 0) is 29.8 Å². The third-order valence-corrected chi connectivity index (χ3v) is 3.58. The van der Waals surface area contributed by atoms with Gasteiger partial charge in [0.15, 0.2) is 11.5 Å². The van der Waals surface area contributed by atoms with Crippen LogP contribution in [0.4, 0.5) is 11.4 Å². The normalized spacial score (nSPS) is 10.5. The number of non-ortho nitro benzene ring substituents is 1. The number of carbonyl (C=O) groups excluding carboxylic acids is 1. The first-order valence-corrected chi connectivity index (χ1v) is 7.47. The van der Waals surface area contributed by atoms with E-state index in [0.717, 1.165) is 5.56 Å². The van der Waals surface area contributed by atoms with E-state index in [2.05, 4.69) is 5.32 Å². The first-order chi connectivity index (χ1) is 11.9. The zero-order valence-corrected chi connectivity index (χ0v) is 14.2. The summed E-state index contributed by atoms with van der Waals surface area (Å²) in [6.45, 7) is 0. The molecule has 8 heteroatoms. The lowest BCUT2D eigenvalue weighted by Crippen LogP contribution is -2.08. The van der Waals surface area contributed by atoms with E-state index in [1.54, 1.807) is 24.3 Å². The van der Waals surface area contributed by atoms with Crippen LogP contribution in [-0.2, 0) is 4.79 Å². The van der Waals surface area contributed by atoms with Crippen molar-refractivity contribution in [3.05, 3.63) is 63.2 Å². The third-order valence-electron chi connectivity index (χ3n) is 3.25. The second kappa shape index (κ2) is 8.16. The molecule has 2 aromatic rings. The molecule has 130 valence electrons. The third kappa shape index (κ3) is 4.71. The Morgan fingerprint density at radius 3 is 2.52 bits per heavy atom. The van der Waals surface area contributed by atoms with Gasteiger partial charge in [0.1, 0.15) is 0 Å². The van der Waals surface area contributed by atoms with Crippen LogP contribution in [-0.4, -0.2) is 25.1 Å². The fourth-order valence-electron chi connectivity index (χ4n) is 2.03. The SMILES string of the molecule is COc1ccc(/C=C/C(=O)Nc2cc([N+](=O)[O-])ccc2Cl)cc1OC. The van der Waals surface area contributed by atoms with Crippen LogP contribution in [0, 0.1) is 10.1 Å². The molecule has 0 unspecified atom stereocenters. The van der Waals surface area contributed by atoms with Crippen molar-refractivity contribution in [2.75, 3.05) is 19.5 Å². The summed E-state index contributed by atoms with van der Waals surface area (Å²) in [6.07, 6.45) is 2.86. The molecule has 0 spiro atoms. The maximum absolute atomic E-state index is 12.0. The number of benzene rings is 2. The molecule has 2 aromatic carbocycles. The van der Waals surface area contributed by atoms with Gasteiger partial charge in [0.25, 0.3) is 5.69 Å². The number of nitro groups is 1. The van der Waals surface area contributed by atoms with E-state index in [9.17, 15) is 14.9 Å². The number of methoxy groups -OCH3 is 2. The molecule has 0 aliphatic heterocycles. The van der Waals surface area contributed by atoms with Crippen molar-refractivity contribution in [2.45, 2.75) is 0 Å². The number of nitrogens with zero attached hydrogens (tertiary/aromatic N) is 1. The number of carbonyl (C=O) groups is 1. The highest BCUT2D eigenvalue weighted by Crippen LogP contribution is 2.28. The molecule has 0 aliphatic carbocycles. The predicted octanol–water partition coefficient (Wildman–Crippen LogP) is 3.92. The van der Waals surface area contributed by atoms with E-state index in [-0.39, 0.29) is 16.4 Å². The van der Waals surface area contributed by atoms with Crippen LogP contribution in [0.5, 0.6) is 11.5 Å². The van der Waals surface area contributed by atoms with E-state index >= 15 is 0 Å². The zero-order chi connectivity index (χ0) is 18.4. The van der Waals surface area contributed by atoms with Crippen LogP contribution < -0.4 is 14.8 Å². The number of hydrogen-bond donors (Lipinski definition) is 1. The van der Waals surface area contributed by atoms with Crippen molar-refractivity contribution in [2.24, 2.45) is 0 Å². The molecule has 7 nitrogen and oxygen atoms in total. The van der Waals surface area contributed by atoms with Crippen LogP contribution in [0.2, 0.25) is 5.02 Å². The number of halogens is 1. The van der Waals surface area contributed by atoms with Crippen LogP contribution in [0.3, 0.4) is 0 Å². The Bertz CT molecular complexity index is 836. The second-order valence-corrected chi connectivity index (χ2v) is 5.27. The summed E-state index contributed by atoms with van der Waals surface area (Å²) in [5.74, 6) is 0.636. The topological polar surface area (TPSA) is 90.7 Å². The number of amides is 1. The van der Waals surface area contributed by atoms with Gasteiger partial charge in [-0.2, -0.15) is 0 Å². The molecule has 0 aliphatic rings. The molecule has 1 N–H and O–H groups in total. The smallest absolute Gasteiger partial charge is 0.271 e. The van der Waals surface area contributed by atoms with E-state index in [1.165, 1.54) is 38.5 Å². The summed E-state index contributed by atoms with van der Waals surface area (Å²) in [4.78, 5) is 22.2. The summed E-state index contributed by atoms with van der Waals surface area (Å²) in [5.41, 5.74) is 0.722. The summed E-state index contributed by atoms with van der Waals surface area (Å²) in [7, 11) is 3.05. The van der Waals surface area contributed by atoms with Gasteiger partial charge in [-0.25, -0.2) is 0 Å². The van der Waals surface area contributed by atoms with E-state index in [0.29, 0.717) is 11.5 Å². The molecule has 0 aromatic heterocycles. The lowest BCUT2D eigenvalue weighted by Gasteiger charge is -2.07. The Balaban J connectivity index is 2.14. The Kier molecular flexibility index (Phi) is 5.97. The first-order valence-electron chi connectivity index (χ1n) is 7.09. The van der Waals surface area contributed by atoms with E-state index in [4.69, 9.17) is 21.1 Å². The van der Waals surface area contributed by atoms with E-state index < -0.39 is 10.8 Å². The monoisotopic (exact) mass is 362 g/mol. The van der Waals surface area contributed by atoms with E-state index in [1.807, 2.05) is 0 Å². The molecule has 25 heavy (non-hydrogen) atoms. The summed E-state index contributed by atoms with van der Waals surface area (Å²) >= 11 is 5.94. The summed E-state index contributed by atoms with van der Waals surface area (Å²) in [5, 5.41) is 13.5. The number of ether oxygens (including phenoxy) is 2. The first kappa shape index (κ1) is 18.3. The van der Waals surface area contributed by atoms with Gasteiger partial charge in [-0.15, -0.1) is 0 Å². The van der Waals surface area contributed by atoms with Gasteiger partial charge in [-0.3, -0.25) is 14.9 Å². The minimum Gasteiger partial charge on any atom is -0.493 e. The lowest BCUT2D eigenvalue weighted by molar-refractivity contribution is -0.384. The fraction of sp³-hybridized carbons (Fsp3) is 0.118. The van der Waals surface area contributed by atoms with Crippen LogP contribution in [0.1, 0.15) is 5.56 Å². The lowest BCUT2D eigenvalue weighted by atomic mass is 10.2. The molecular formula is C17H15ClN2O5. The summed E-state index contributed by atoms with van der Waals surface area (Å²) < 4.78 is 10.3. The maximum Gasteiger partial charge on any atom is 0.271 e. The van der Waals surface area contributed by atoms with Crippen LogP contribution in [0.15, 0.2) is 42.5 Å². The molecule has 1 amide bonds. The fourth-order valence-corrected chi connectivity index (χ4v) is 2.19. The molecule has 0 heterocycles. The number of nitrogens with one attached hydrogen (secondary N) is 1. The van der Waals surface area contributed by atoms with Crippen molar-refractivity contribution >= 4 is 35.0 Å². The molecule has 0 fully saturated rings. The van der Waals surface area contributed by atoms with Gasteiger partial charge >= 0.3 is 0 Å². The highest BCUT2D eigenvalue weighted by Gasteiger charge is 2.11. The van der Waals surface area contributed by atoms with Gasteiger partial charge in [0.05, 0.1) is 29.9 Å². The number of anilines is 1. The second-order valence-electron chi connectivity index (χ2n) is 4.86. The Labute approximate surface area is 149 Å². The standard InChI is InChI=1S/C17H15ClN2O5/c1-24-15-7-3-11(9-16(15)25-2)4-8-17(21)19-14-10-12(20(22)23)5-6-13(14)18/h3-10H,1-2H3,(H,19,21)/b8-4+. The van der Waals surface area contributed by atoms with Crippen LogP contribution >= 0.6 is 11.6 Å². The summed E-state index contributed by atoms with van der Waals surface area (Å²) in [6, 6.07) is 9.00. The molecule has 0 bridgehead atoms. The Morgan fingerprint density at radius 1 is 1.16 bits per heavy atom. The molecule has 0 radical (unpaired) electrons. The average molecular weight is 363 g/mol. The molecule has 0 atom stereocenters.